The number of ether oxygens (including phenoxy) is 1. The van der Waals surface area contributed by atoms with Crippen molar-refractivity contribution < 1.29 is 9.84 Å². The van der Waals surface area contributed by atoms with Gasteiger partial charge in [-0.2, -0.15) is 0 Å². The molecule has 1 fully saturated rings. The summed E-state index contributed by atoms with van der Waals surface area (Å²) in [7, 11) is 0. The number of aliphatic hydroxyl groups is 1. The van der Waals surface area contributed by atoms with Gasteiger partial charge >= 0.3 is 0 Å². The van der Waals surface area contributed by atoms with E-state index in [4.69, 9.17) is 4.74 Å². The molecule has 0 aromatic carbocycles. The van der Waals surface area contributed by atoms with Gasteiger partial charge in [0.05, 0.1) is 6.61 Å². The highest BCUT2D eigenvalue weighted by Crippen LogP contribution is 2.26. The number of aliphatic hydroxyl groups excluding tert-OH is 1. The Kier molecular flexibility index (Phi) is 2.60. The third kappa shape index (κ3) is 1.66. The molecule has 1 aliphatic rings. The Hall–Kier alpha value is -0.660. The third-order valence-electron chi connectivity index (χ3n) is 1.79. The SMILES string of the molecule is CCOC(O)=C1CCCC1. The Balaban J connectivity index is 2.46. The van der Waals surface area contributed by atoms with E-state index in [9.17, 15) is 5.11 Å². The number of rotatable bonds is 2. The van der Waals surface area contributed by atoms with Crippen LogP contribution in [0.2, 0.25) is 0 Å². The molecule has 0 aromatic rings. The predicted molar refractivity (Wildman–Crippen MR) is 39.7 cm³/mol. The molecule has 1 saturated carbocycles. The molecule has 0 aromatic heterocycles. The molecule has 0 heterocycles. The van der Waals surface area contributed by atoms with Crippen LogP contribution >= 0.6 is 0 Å². The van der Waals surface area contributed by atoms with Crippen molar-refractivity contribution in [1.29, 1.82) is 0 Å². The van der Waals surface area contributed by atoms with E-state index in [1.165, 1.54) is 12.8 Å². The monoisotopic (exact) mass is 142 g/mol. The maximum Gasteiger partial charge on any atom is 0.275 e. The first-order valence-corrected chi connectivity index (χ1v) is 3.88. The molecule has 0 radical (unpaired) electrons. The van der Waals surface area contributed by atoms with Crippen LogP contribution < -0.4 is 0 Å². The van der Waals surface area contributed by atoms with Crippen molar-refractivity contribution in [3.63, 3.8) is 0 Å². The lowest BCUT2D eigenvalue weighted by atomic mass is 10.2. The maximum absolute atomic E-state index is 9.21. The molecule has 0 atom stereocenters. The third-order valence-corrected chi connectivity index (χ3v) is 1.79. The minimum atomic E-state index is 0.181. The van der Waals surface area contributed by atoms with Gasteiger partial charge < -0.3 is 9.84 Å². The summed E-state index contributed by atoms with van der Waals surface area (Å²) < 4.78 is 4.96. The zero-order chi connectivity index (χ0) is 7.40. The zero-order valence-electron chi connectivity index (χ0n) is 6.39. The van der Waals surface area contributed by atoms with Crippen molar-refractivity contribution in [2.75, 3.05) is 6.61 Å². The molecule has 1 aliphatic carbocycles. The maximum atomic E-state index is 9.21. The molecule has 10 heavy (non-hydrogen) atoms. The number of hydrogen-bond donors (Lipinski definition) is 1. The topological polar surface area (TPSA) is 29.5 Å². The summed E-state index contributed by atoms with van der Waals surface area (Å²) in [4.78, 5) is 0. The lowest BCUT2D eigenvalue weighted by Crippen LogP contribution is -1.93. The highest BCUT2D eigenvalue weighted by molar-refractivity contribution is 5.06. The van der Waals surface area contributed by atoms with Gasteiger partial charge in [0.2, 0.25) is 0 Å². The molecule has 0 amide bonds. The van der Waals surface area contributed by atoms with Gasteiger partial charge in [-0.3, -0.25) is 0 Å². The van der Waals surface area contributed by atoms with E-state index in [1.54, 1.807) is 0 Å². The lowest BCUT2D eigenvalue weighted by Gasteiger charge is -2.03. The molecular weight excluding hydrogens is 128 g/mol. The van der Waals surface area contributed by atoms with Gasteiger partial charge in [0, 0.05) is 5.57 Å². The number of allylic oxidation sites excluding steroid dienone is 1. The van der Waals surface area contributed by atoms with Crippen LogP contribution in [-0.2, 0) is 4.74 Å². The van der Waals surface area contributed by atoms with Crippen LogP contribution in [0.4, 0.5) is 0 Å². The second-order valence-corrected chi connectivity index (χ2v) is 2.55. The first-order chi connectivity index (χ1) is 4.84. The van der Waals surface area contributed by atoms with Crippen molar-refractivity contribution in [2.45, 2.75) is 32.6 Å². The molecule has 0 spiro atoms. The Labute approximate surface area is 61.5 Å². The fraction of sp³-hybridized carbons (Fsp3) is 0.750. The highest BCUT2D eigenvalue weighted by atomic mass is 16.6. The van der Waals surface area contributed by atoms with Crippen molar-refractivity contribution in [3.05, 3.63) is 11.5 Å². The first kappa shape index (κ1) is 7.45. The van der Waals surface area contributed by atoms with Gasteiger partial charge in [0.1, 0.15) is 0 Å². The minimum Gasteiger partial charge on any atom is -0.481 e. The van der Waals surface area contributed by atoms with Gasteiger partial charge in [-0.1, -0.05) is 0 Å². The van der Waals surface area contributed by atoms with Crippen LogP contribution in [0.25, 0.3) is 0 Å². The fourth-order valence-electron chi connectivity index (χ4n) is 1.25. The summed E-state index contributed by atoms with van der Waals surface area (Å²) in [6.07, 6.45) is 4.44. The molecule has 1 N–H and O–H groups in total. The molecule has 0 bridgehead atoms. The Morgan fingerprint density at radius 1 is 1.50 bits per heavy atom. The van der Waals surface area contributed by atoms with Crippen LogP contribution in [0.3, 0.4) is 0 Å². The van der Waals surface area contributed by atoms with Gasteiger partial charge in [-0.25, -0.2) is 0 Å². The summed E-state index contributed by atoms with van der Waals surface area (Å²) in [5, 5.41) is 9.21. The van der Waals surface area contributed by atoms with E-state index in [0.29, 0.717) is 6.61 Å². The second kappa shape index (κ2) is 3.49. The zero-order valence-corrected chi connectivity index (χ0v) is 6.39. The fourth-order valence-corrected chi connectivity index (χ4v) is 1.25. The normalized spacial score (nSPS) is 17.5. The molecule has 0 unspecified atom stereocenters. The van der Waals surface area contributed by atoms with E-state index in [0.717, 1.165) is 18.4 Å². The van der Waals surface area contributed by atoms with Gasteiger partial charge in [0.25, 0.3) is 5.95 Å². The van der Waals surface area contributed by atoms with Crippen LogP contribution in [0.15, 0.2) is 11.5 Å². The van der Waals surface area contributed by atoms with Gasteiger partial charge in [0.15, 0.2) is 0 Å². The van der Waals surface area contributed by atoms with Crippen molar-refractivity contribution in [1.82, 2.24) is 0 Å². The summed E-state index contributed by atoms with van der Waals surface area (Å²) in [5.41, 5.74) is 1.10. The van der Waals surface area contributed by atoms with E-state index in [2.05, 4.69) is 0 Å². The van der Waals surface area contributed by atoms with Crippen molar-refractivity contribution in [2.24, 2.45) is 0 Å². The second-order valence-electron chi connectivity index (χ2n) is 2.55. The highest BCUT2D eigenvalue weighted by Gasteiger charge is 2.12. The predicted octanol–water partition coefficient (Wildman–Crippen LogP) is 2.37. The Morgan fingerprint density at radius 2 is 2.10 bits per heavy atom. The standard InChI is InChI=1S/C8H14O2/c1-2-10-8(9)7-5-3-4-6-7/h9H,2-6H2,1H3. The minimum absolute atomic E-state index is 0.181. The molecule has 58 valence electrons. The van der Waals surface area contributed by atoms with Gasteiger partial charge in [-0.15, -0.1) is 0 Å². The Morgan fingerprint density at radius 3 is 2.60 bits per heavy atom. The van der Waals surface area contributed by atoms with Crippen LogP contribution in [0, 0.1) is 0 Å². The molecule has 2 heteroatoms. The molecule has 2 nitrogen and oxygen atoms in total. The summed E-state index contributed by atoms with van der Waals surface area (Å²) in [6.45, 7) is 2.45. The average Bonchev–Trinajstić information content (AvgIpc) is 2.38. The van der Waals surface area contributed by atoms with Crippen LogP contribution in [0.1, 0.15) is 32.6 Å². The molecule has 0 aliphatic heterocycles. The van der Waals surface area contributed by atoms with Crippen molar-refractivity contribution in [3.8, 4) is 0 Å². The lowest BCUT2D eigenvalue weighted by molar-refractivity contribution is 0.0968. The molecular formula is C8H14O2. The van der Waals surface area contributed by atoms with E-state index in [1.807, 2.05) is 6.92 Å². The quantitative estimate of drug-likeness (QED) is 0.600. The van der Waals surface area contributed by atoms with Crippen molar-refractivity contribution >= 4 is 0 Å². The Bertz CT molecular complexity index is 130. The summed E-state index contributed by atoms with van der Waals surface area (Å²) in [6, 6.07) is 0. The first-order valence-electron chi connectivity index (χ1n) is 3.88. The average molecular weight is 142 g/mol. The summed E-state index contributed by atoms with van der Waals surface area (Å²) >= 11 is 0. The smallest absolute Gasteiger partial charge is 0.275 e. The van der Waals surface area contributed by atoms with E-state index in [-0.39, 0.29) is 5.95 Å². The molecule has 1 rings (SSSR count). The van der Waals surface area contributed by atoms with E-state index < -0.39 is 0 Å². The summed E-state index contributed by atoms with van der Waals surface area (Å²) in [5.74, 6) is 0.181. The van der Waals surface area contributed by atoms with Crippen LogP contribution in [-0.4, -0.2) is 11.7 Å². The molecule has 0 saturated heterocycles. The largest absolute Gasteiger partial charge is 0.481 e. The number of hydrogen-bond acceptors (Lipinski definition) is 2. The van der Waals surface area contributed by atoms with Gasteiger partial charge in [-0.05, 0) is 32.6 Å². The van der Waals surface area contributed by atoms with E-state index >= 15 is 0 Å². The van der Waals surface area contributed by atoms with Crippen LogP contribution in [0.5, 0.6) is 0 Å².